The molecule has 1 aromatic heterocycles. The molecule has 0 radical (unpaired) electrons. The van der Waals surface area contributed by atoms with Crippen LogP contribution in [0.5, 0.6) is 0 Å². The largest absolute Gasteiger partial charge is 0.368 e. The Balaban J connectivity index is 1.72. The van der Waals surface area contributed by atoms with Crippen molar-refractivity contribution in [2.24, 2.45) is 5.92 Å². The summed E-state index contributed by atoms with van der Waals surface area (Å²) in [5.74, 6) is 0.0293. The molecule has 0 aliphatic carbocycles. The summed E-state index contributed by atoms with van der Waals surface area (Å²) in [4.78, 5) is 4.43. The van der Waals surface area contributed by atoms with Crippen molar-refractivity contribution in [1.29, 1.82) is 5.26 Å². The summed E-state index contributed by atoms with van der Waals surface area (Å²) in [6.45, 7) is 8.20. The SMILES string of the molecule is CC(C)Cc1cc(F)c(C#N)c(N2CCN(Cc3cccnn3)CC2)c1. The van der Waals surface area contributed by atoms with Crippen LogP contribution in [0.1, 0.15) is 30.7 Å². The van der Waals surface area contributed by atoms with Crippen LogP contribution in [0.3, 0.4) is 0 Å². The van der Waals surface area contributed by atoms with Gasteiger partial charge in [-0.2, -0.15) is 15.5 Å². The van der Waals surface area contributed by atoms with Crippen LogP contribution in [0.25, 0.3) is 0 Å². The first-order chi connectivity index (χ1) is 12.6. The third-order valence-electron chi connectivity index (χ3n) is 4.61. The minimum atomic E-state index is -0.414. The molecule has 1 saturated heterocycles. The number of rotatable bonds is 5. The average molecular weight is 353 g/mol. The number of benzene rings is 1. The Hall–Kier alpha value is -2.52. The molecule has 3 rings (SSSR count). The van der Waals surface area contributed by atoms with Gasteiger partial charge < -0.3 is 4.90 Å². The predicted octanol–water partition coefficient (Wildman–Crippen LogP) is 3.01. The van der Waals surface area contributed by atoms with Crippen molar-refractivity contribution in [3.8, 4) is 6.07 Å². The van der Waals surface area contributed by atoms with Gasteiger partial charge in [0.15, 0.2) is 0 Å². The van der Waals surface area contributed by atoms with E-state index in [0.29, 0.717) is 5.92 Å². The number of hydrogen-bond acceptors (Lipinski definition) is 5. The number of anilines is 1. The van der Waals surface area contributed by atoms with E-state index in [0.717, 1.165) is 56.1 Å². The summed E-state index contributed by atoms with van der Waals surface area (Å²) >= 11 is 0. The fourth-order valence-corrected chi connectivity index (χ4v) is 3.39. The first-order valence-electron chi connectivity index (χ1n) is 9.03. The van der Waals surface area contributed by atoms with Crippen molar-refractivity contribution < 1.29 is 4.39 Å². The molecule has 136 valence electrons. The van der Waals surface area contributed by atoms with Crippen LogP contribution in [0.15, 0.2) is 30.5 Å². The molecule has 2 heterocycles. The number of halogens is 1. The maximum absolute atomic E-state index is 14.4. The van der Waals surface area contributed by atoms with Gasteiger partial charge in [-0.15, -0.1) is 0 Å². The summed E-state index contributed by atoms with van der Waals surface area (Å²) in [6, 6.07) is 9.40. The van der Waals surface area contributed by atoms with E-state index in [-0.39, 0.29) is 5.56 Å². The van der Waals surface area contributed by atoms with E-state index in [2.05, 4.69) is 33.8 Å². The molecule has 26 heavy (non-hydrogen) atoms. The Morgan fingerprint density at radius 1 is 1.23 bits per heavy atom. The Morgan fingerprint density at radius 3 is 2.62 bits per heavy atom. The van der Waals surface area contributed by atoms with Gasteiger partial charge in [0.1, 0.15) is 17.4 Å². The van der Waals surface area contributed by atoms with Gasteiger partial charge >= 0.3 is 0 Å². The van der Waals surface area contributed by atoms with E-state index in [1.54, 1.807) is 6.20 Å². The van der Waals surface area contributed by atoms with Crippen molar-refractivity contribution in [3.05, 3.63) is 53.1 Å². The second-order valence-corrected chi connectivity index (χ2v) is 7.16. The highest BCUT2D eigenvalue weighted by atomic mass is 19.1. The molecule has 1 aromatic carbocycles. The number of hydrogen-bond donors (Lipinski definition) is 0. The highest BCUT2D eigenvalue weighted by molar-refractivity contribution is 5.61. The predicted molar refractivity (Wildman–Crippen MR) is 99.2 cm³/mol. The maximum atomic E-state index is 14.4. The number of nitrogens with zero attached hydrogens (tertiary/aromatic N) is 5. The maximum Gasteiger partial charge on any atom is 0.143 e. The lowest BCUT2D eigenvalue weighted by atomic mass is 9.99. The molecule has 0 spiro atoms. The molecule has 0 bridgehead atoms. The smallest absolute Gasteiger partial charge is 0.143 e. The molecule has 0 unspecified atom stereocenters. The number of aromatic nitrogens is 2. The van der Waals surface area contributed by atoms with Gasteiger partial charge in [-0.1, -0.05) is 13.8 Å². The van der Waals surface area contributed by atoms with Crippen LogP contribution < -0.4 is 4.90 Å². The van der Waals surface area contributed by atoms with Crippen LogP contribution in [0, 0.1) is 23.1 Å². The van der Waals surface area contributed by atoms with Gasteiger partial charge in [0.05, 0.1) is 11.4 Å². The van der Waals surface area contributed by atoms with Crippen LogP contribution in [-0.4, -0.2) is 41.3 Å². The molecule has 0 saturated carbocycles. The summed E-state index contributed by atoms with van der Waals surface area (Å²) in [5.41, 5.74) is 2.78. The third kappa shape index (κ3) is 4.36. The lowest BCUT2D eigenvalue weighted by Crippen LogP contribution is -2.46. The van der Waals surface area contributed by atoms with Crippen molar-refractivity contribution in [3.63, 3.8) is 0 Å². The molecule has 1 aliphatic rings. The summed E-state index contributed by atoms with van der Waals surface area (Å²) in [5, 5.41) is 17.5. The minimum Gasteiger partial charge on any atom is -0.368 e. The van der Waals surface area contributed by atoms with Gasteiger partial charge in [0, 0.05) is 38.9 Å². The normalized spacial score (nSPS) is 15.3. The molecule has 6 heteroatoms. The topological polar surface area (TPSA) is 56.1 Å². The van der Waals surface area contributed by atoms with E-state index in [9.17, 15) is 9.65 Å². The Bertz CT molecular complexity index is 777. The summed E-state index contributed by atoms with van der Waals surface area (Å²) < 4.78 is 14.4. The minimum absolute atomic E-state index is 0.153. The van der Waals surface area contributed by atoms with Gasteiger partial charge in [-0.25, -0.2) is 4.39 Å². The zero-order valence-electron chi connectivity index (χ0n) is 15.3. The Morgan fingerprint density at radius 2 is 2.00 bits per heavy atom. The molecule has 5 nitrogen and oxygen atoms in total. The average Bonchev–Trinajstić information content (AvgIpc) is 2.62. The van der Waals surface area contributed by atoms with Crippen LogP contribution in [-0.2, 0) is 13.0 Å². The first kappa shape index (κ1) is 18.3. The van der Waals surface area contributed by atoms with E-state index in [1.807, 2.05) is 24.3 Å². The van der Waals surface area contributed by atoms with E-state index >= 15 is 0 Å². The third-order valence-corrected chi connectivity index (χ3v) is 4.61. The van der Waals surface area contributed by atoms with E-state index in [4.69, 9.17) is 0 Å². The zero-order chi connectivity index (χ0) is 18.5. The summed E-state index contributed by atoms with van der Waals surface area (Å²) in [7, 11) is 0. The summed E-state index contributed by atoms with van der Waals surface area (Å²) in [6.07, 6.45) is 2.48. The zero-order valence-corrected chi connectivity index (χ0v) is 15.3. The van der Waals surface area contributed by atoms with E-state index in [1.165, 1.54) is 6.07 Å². The molecule has 2 aromatic rings. The van der Waals surface area contributed by atoms with Gasteiger partial charge in [-0.3, -0.25) is 4.90 Å². The molecular weight excluding hydrogens is 329 g/mol. The molecule has 0 amide bonds. The Kier molecular flexibility index (Phi) is 5.79. The fraction of sp³-hybridized carbons (Fsp3) is 0.450. The lowest BCUT2D eigenvalue weighted by Gasteiger charge is -2.36. The Labute approximate surface area is 154 Å². The molecular formula is C20H24FN5. The second kappa shape index (κ2) is 8.24. The highest BCUT2D eigenvalue weighted by Crippen LogP contribution is 2.27. The first-order valence-corrected chi connectivity index (χ1v) is 9.03. The molecule has 0 atom stereocenters. The lowest BCUT2D eigenvalue weighted by molar-refractivity contribution is 0.246. The van der Waals surface area contributed by atoms with Crippen molar-refractivity contribution in [2.45, 2.75) is 26.8 Å². The second-order valence-electron chi connectivity index (χ2n) is 7.16. The van der Waals surface area contributed by atoms with Crippen molar-refractivity contribution >= 4 is 5.69 Å². The molecule has 1 aliphatic heterocycles. The molecule has 1 fully saturated rings. The van der Waals surface area contributed by atoms with Gasteiger partial charge in [0.25, 0.3) is 0 Å². The van der Waals surface area contributed by atoms with Crippen LogP contribution >= 0.6 is 0 Å². The quantitative estimate of drug-likeness (QED) is 0.827. The fourth-order valence-electron chi connectivity index (χ4n) is 3.39. The molecule has 0 N–H and O–H groups in total. The monoisotopic (exact) mass is 353 g/mol. The van der Waals surface area contributed by atoms with E-state index < -0.39 is 5.82 Å². The number of nitriles is 1. The van der Waals surface area contributed by atoms with Crippen molar-refractivity contribution in [2.75, 3.05) is 31.1 Å². The van der Waals surface area contributed by atoms with Gasteiger partial charge in [-0.05, 0) is 42.2 Å². The standard InChI is InChI=1S/C20H24FN5/c1-15(2)10-16-11-19(21)18(13-22)20(12-16)26-8-6-25(7-9-26)14-17-4-3-5-23-24-17/h3-5,11-12,15H,6-10,14H2,1-2H3. The van der Waals surface area contributed by atoms with Crippen molar-refractivity contribution in [1.82, 2.24) is 15.1 Å². The van der Waals surface area contributed by atoms with Gasteiger partial charge in [0.2, 0.25) is 0 Å². The number of piperazine rings is 1. The highest BCUT2D eigenvalue weighted by Gasteiger charge is 2.22. The van der Waals surface area contributed by atoms with Crippen LogP contribution in [0.4, 0.5) is 10.1 Å². The van der Waals surface area contributed by atoms with Crippen LogP contribution in [0.2, 0.25) is 0 Å².